The molecule has 0 spiro atoms. The van der Waals surface area contributed by atoms with Crippen LogP contribution in [-0.4, -0.2) is 33.2 Å². The van der Waals surface area contributed by atoms with Gasteiger partial charge in [-0.1, -0.05) is 16.8 Å². The molecule has 0 aliphatic carbocycles. The molecule has 0 atom stereocenters. The molecule has 2 aromatic rings. The van der Waals surface area contributed by atoms with E-state index in [4.69, 9.17) is 27.2 Å². The van der Waals surface area contributed by atoms with Gasteiger partial charge in [-0.2, -0.15) is 4.68 Å². The SMILES string of the molecule is COc1ccc(-n2nnc(C(=O)O)c2N)cc1Cl. The van der Waals surface area contributed by atoms with Crippen molar-refractivity contribution in [2.75, 3.05) is 12.8 Å². The number of nitrogens with zero attached hydrogens (tertiary/aromatic N) is 3. The summed E-state index contributed by atoms with van der Waals surface area (Å²) in [5.74, 6) is -0.806. The van der Waals surface area contributed by atoms with Gasteiger partial charge >= 0.3 is 5.97 Å². The van der Waals surface area contributed by atoms with Crippen molar-refractivity contribution in [1.82, 2.24) is 15.0 Å². The summed E-state index contributed by atoms with van der Waals surface area (Å²) in [5.41, 5.74) is 5.83. The fraction of sp³-hybridized carbons (Fsp3) is 0.100. The molecule has 0 fully saturated rings. The van der Waals surface area contributed by atoms with E-state index in [1.54, 1.807) is 18.2 Å². The first-order chi connectivity index (χ1) is 8.54. The summed E-state index contributed by atoms with van der Waals surface area (Å²) in [5, 5.41) is 16.3. The third-order valence-corrected chi connectivity index (χ3v) is 2.58. The molecule has 8 heteroatoms. The van der Waals surface area contributed by atoms with Crippen molar-refractivity contribution in [3.8, 4) is 11.4 Å². The van der Waals surface area contributed by atoms with Crippen molar-refractivity contribution in [2.24, 2.45) is 0 Å². The molecule has 1 aromatic heterocycles. The summed E-state index contributed by atoms with van der Waals surface area (Å²) < 4.78 is 6.20. The first-order valence-electron chi connectivity index (χ1n) is 4.83. The number of nitrogen functional groups attached to an aromatic ring is 1. The zero-order chi connectivity index (χ0) is 13.3. The van der Waals surface area contributed by atoms with Crippen LogP contribution >= 0.6 is 11.6 Å². The maximum absolute atomic E-state index is 10.8. The molecular weight excluding hydrogens is 260 g/mol. The molecule has 0 aliphatic heterocycles. The Morgan fingerprint density at radius 3 is 2.78 bits per heavy atom. The lowest BCUT2D eigenvalue weighted by atomic mass is 10.3. The Hall–Kier alpha value is -2.28. The molecule has 0 amide bonds. The molecule has 18 heavy (non-hydrogen) atoms. The van der Waals surface area contributed by atoms with Crippen LogP contribution in [0.2, 0.25) is 5.02 Å². The molecule has 1 heterocycles. The predicted octanol–water partition coefficient (Wildman–Crippen LogP) is 1.21. The number of anilines is 1. The van der Waals surface area contributed by atoms with Gasteiger partial charge in [0.05, 0.1) is 17.8 Å². The lowest BCUT2D eigenvalue weighted by Gasteiger charge is -2.06. The lowest BCUT2D eigenvalue weighted by Crippen LogP contribution is -2.06. The van der Waals surface area contributed by atoms with E-state index in [-0.39, 0.29) is 11.5 Å². The number of carboxylic acid groups (broad SMARTS) is 1. The minimum Gasteiger partial charge on any atom is -0.495 e. The standard InChI is InChI=1S/C10H9ClN4O3/c1-18-7-3-2-5(4-6(7)11)15-9(12)8(10(16)17)13-14-15/h2-4H,12H2,1H3,(H,16,17). The quantitative estimate of drug-likeness (QED) is 0.867. The second-order valence-electron chi connectivity index (χ2n) is 3.36. The van der Waals surface area contributed by atoms with Crippen molar-refractivity contribution in [3.63, 3.8) is 0 Å². The van der Waals surface area contributed by atoms with Crippen molar-refractivity contribution < 1.29 is 14.6 Å². The fourth-order valence-corrected chi connectivity index (χ4v) is 1.67. The van der Waals surface area contributed by atoms with E-state index in [9.17, 15) is 4.79 Å². The Labute approximate surface area is 107 Å². The normalized spacial score (nSPS) is 10.3. The number of hydrogen-bond donors (Lipinski definition) is 2. The minimum absolute atomic E-state index is 0.0660. The van der Waals surface area contributed by atoms with Crippen LogP contribution in [-0.2, 0) is 0 Å². The molecule has 1 aromatic carbocycles. The van der Waals surface area contributed by atoms with Crippen LogP contribution in [0, 0.1) is 0 Å². The van der Waals surface area contributed by atoms with Gasteiger partial charge in [0, 0.05) is 0 Å². The number of carbonyl (C=O) groups is 1. The number of ether oxygens (including phenoxy) is 1. The Balaban J connectivity index is 2.49. The molecule has 7 nitrogen and oxygen atoms in total. The number of methoxy groups -OCH3 is 1. The van der Waals surface area contributed by atoms with Crippen molar-refractivity contribution in [2.45, 2.75) is 0 Å². The van der Waals surface area contributed by atoms with E-state index >= 15 is 0 Å². The molecule has 2 rings (SSSR count). The summed E-state index contributed by atoms with van der Waals surface area (Å²) in [7, 11) is 1.49. The van der Waals surface area contributed by atoms with Gasteiger partial charge in [-0.3, -0.25) is 0 Å². The van der Waals surface area contributed by atoms with E-state index in [1.807, 2.05) is 0 Å². The van der Waals surface area contributed by atoms with Crippen LogP contribution in [0.15, 0.2) is 18.2 Å². The van der Waals surface area contributed by atoms with Gasteiger partial charge in [-0.15, -0.1) is 5.10 Å². The highest BCUT2D eigenvalue weighted by Gasteiger charge is 2.17. The van der Waals surface area contributed by atoms with Crippen molar-refractivity contribution >= 4 is 23.4 Å². The summed E-state index contributed by atoms with van der Waals surface area (Å²) in [6, 6.07) is 4.82. The van der Waals surface area contributed by atoms with E-state index in [2.05, 4.69) is 10.3 Å². The van der Waals surface area contributed by atoms with Gasteiger partial charge in [-0.05, 0) is 18.2 Å². The van der Waals surface area contributed by atoms with Crippen molar-refractivity contribution in [3.05, 3.63) is 28.9 Å². The number of aromatic carboxylic acids is 1. The molecule has 0 aliphatic rings. The second kappa shape index (κ2) is 4.53. The lowest BCUT2D eigenvalue weighted by molar-refractivity contribution is 0.0691. The van der Waals surface area contributed by atoms with Crippen LogP contribution in [0.3, 0.4) is 0 Å². The molecule has 0 radical (unpaired) electrons. The summed E-state index contributed by atoms with van der Waals surface area (Å²) in [4.78, 5) is 10.8. The second-order valence-corrected chi connectivity index (χ2v) is 3.77. The van der Waals surface area contributed by atoms with Gasteiger partial charge in [0.25, 0.3) is 0 Å². The fourth-order valence-electron chi connectivity index (χ4n) is 1.42. The highest BCUT2D eigenvalue weighted by atomic mass is 35.5. The number of carboxylic acids is 1. The number of aromatic nitrogens is 3. The topological polar surface area (TPSA) is 103 Å². The van der Waals surface area contributed by atoms with Gasteiger partial charge < -0.3 is 15.6 Å². The molecular formula is C10H9ClN4O3. The first kappa shape index (κ1) is 12.2. The third-order valence-electron chi connectivity index (χ3n) is 2.29. The van der Waals surface area contributed by atoms with E-state index in [0.29, 0.717) is 16.5 Å². The zero-order valence-electron chi connectivity index (χ0n) is 9.29. The van der Waals surface area contributed by atoms with E-state index < -0.39 is 5.97 Å². The monoisotopic (exact) mass is 268 g/mol. The Morgan fingerprint density at radius 2 is 2.28 bits per heavy atom. The third kappa shape index (κ3) is 1.95. The molecule has 3 N–H and O–H groups in total. The molecule has 94 valence electrons. The summed E-state index contributed by atoms with van der Waals surface area (Å²) in [6.45, 7) is 0. The molecule has 0 bridgehead atoms. The summed E-state index contributed by atoms with van der Waals surface area (Å²) in [6.07, 6.45) is 0. The van der Waals surface area contributed by atoms with Crippen molar-refractivity contribution in [1.29, 1.82) is 0 Å². The molecule has 0 saturated heterocycles. The Bertz CT molecular complexity index is 611. The van der Waals surface area contributed by atoms with Gasteiger partial charge in [0.1, 0.15) is 5.75 Å². The largest absolute Gasteiger partial charge is 0.495 e. The average molecular weight is 269 g/mol. The smallest absolute Gasteiger partial charge is 0.360 e. The van der Waals surface area contributed by atoms with Crippen LogP contribution in [0.5, 0.6) is 5.75 Å². The van der Waals surface area contributed by atoms with Crippen LogP contribution in [0.4, 0.5) is 5.82 Å². The first-order valence-corrected chi connectivity index (χ1v) is 5.20. The van der Waals surface area contributed by atoms with Crippen LogP contribution in [0.1, 0.15) is 10.5 Å². The predicted molar refractivity (Wildman–Crippen MR) is 64.3 cm³/mol. The van der Waals surface area contributed by atoms with Gasteiger partial charge in [-0.25, -0.2) is 4.79 Å². The minimum atomic E-state index is -1.24. The molecule has 0 saturated carbocycles. The number of hydrogen-bond acceptors (Lipinski definition) is 5. The van der Waals surface area contributed by atoms with Crippen LogP contribution in [0.25, 0.3) is 5.69 Å². The van der Waals surface area contributed by atoms with Gasteiger partial charge in [0.2, 0.25) is 5.69 Å². The number of rotatable bonds is 3. The van der Waals surface area contributed by atoms with E-state index in [0.717, 1.165) is 0 Å². The number of benzene rings is 1. The Kier molecular flexibility index (Phi) is 3.07. The van der Waals surface area contributed by atoms with Gasteiger partial charge in [0.15, 0.2) is 5.82 Å². The maximum atomic E-state index is 10.8. The average Bonchev–Trinajstić information content (AvgIpc) is 2.71. The highest BCUT2D eigenvalue weighted by molar-refractivity contribution is 6.32. The number of nitrogens with two attached hydrogens (primary N) is 1. The highest BCUT2D eigenvalue weighted by Crippen LogP contribution is 2.27. The van der Waals surface area contributed by atoms with Crippen LogP contribution < -0.4 is 10.5 Å². The number of halogens is 1. The zero-order valence-corrected chi connectivity index (χ0v) is 10.0. The van der Waals surface area contributed by atoms with E-state index in [1.165, 1.54) is 11.8 Å². The maximum Gasteiger partial charge on any atom is 0.360 e. The molecule has 0 unspecified atom stereocenters. The summed E-state index contributed by atoms with van der Waals surface area (Å²) >= 11 is 5.96. The Morgan fingerprint density at radius 1 is 1.56 bits per heavy atom.